The highest BCUT2D eigenvalue weighted by molar-refractivity contribution is 4.98. The van der Waals surface area contributed by atoms with Crippen LogP contribution in [-0.2, 0) is 4.74 Å². The summed E-state index contributed by atoms with van der Waals surface area (Å²) in [4.78, 5) is 6.92. The summed E-state index contributed by atoms with van der Waals surface area (Å²) in [5.41, 5.74) is 0. The van der Waals surface area contributed by atoms with Gasteiger partial charge in [-0.05, 0) is 52.6 Å². The zero-order valence-corrected chi connectivity index (χ0v) is 11.9. The van der Waals surface area contributed by atoms with E-state index in [4.69, 9.17) is 4.74 Å². The number of hydrogen-bond donors (Lipinski definition) is 1. The van der Waals surface area contributed by atoms with Gasteiger partial charge >= 0.3 is 0 Å². The quantitative estimate of drug-likeness (QED) is 0.903. The van der Waals surface area contributed by atoms with Crippen LogP contribution in [0, 0.1) is 0 Å². The molecule has 2 heterocycles. The van der Waals surface area contributed by atoms with Crippen molar-refractivity contribution in [1.82, 2.24) is 20.1 Å². The van der Waals surface area contributed by atoms with Crippen LogP contribution in [0.4, 0.5) is 0 Å². The first-order chi connectivity index (χ1) is 9.22. The first kappa shape index (κ1) is 13.1. The third-order valence-electron chi connectivity index (χ3n) is 4.40. The maximum atomic E-state index is 5.84. The Morgan fingerprint density at radius 1 is 1.32 bits per heavy atom. The number of aromatic amines is 1. The van der Waals surface area contributed by atoms with Crippen LogP contribution in [0.3, 0.4) is 0 Å². The van der Waals surface area contributed by atoms with Gasteiger partial charge in [0.1, 0.15) is 12.2 Å². The number of piperidine rings is 1. The molecule has 5 nitrogen and oxygen atoms in total. The number of H-pyrrole nitrogens is 1. The number of hydrogen-bond acceptors (Lipinski definition) is 4. The standard InChI is InChI=1S/C14H24N4O/c1-10(2)19-13-7-12(8-13)18-5-3-11(4-6-18)14-15-9-16-17-14/h9-13H,3-8H2,1-2H3,(H,15,16,17). The summed E-state index contributed by atoms with van der Waals surface area (Å²) in [5.74, 6) is 1.64. The lowest BCUT2D eigenvalue weighted by molar-refractivity contribution is -0.0801. The molecule has 0 unspecified atom stereocenters. The van der Waals surface area contributed by atoms with E-state index < -0.39 is 0 Å². The van der Waals surface area contributed by atoms with Crippen LogP contribution in [0.5, 0.6) is 0 Å². The van der Waals surface area contributed by atoms with Crippen LogP contribution >= 0.6 is 0 Å². The molecule has 0 amide bonds. The molecule has 0 aromatic carbocycles. The molecular formula is C14H24N4O. The van der Waals surface area contributed by atoms with Crippen LogP contribution in [0.15, 0.2) is 6.33 Å². The predicted molar refractivity (Wildman–Crippen MR) is 73.0 cm³/mol. The fraction of sp³-hybridized carbons (Fsp3) is 0.857. The van der Waals surface area contributed by atoms with Gasteiger partial charge in [-0.3, -0.25) is 5.10 Å². The van der Waals surface area contributed by atoms with Crippen molar-refractivity contribution >= 4 is 0 Å². The molecule has 1 saturated carbocycles. The molecule has 1 aromatic heterocycles. The Kier molecular flexibility index (Phi) is 3.84. The minimum atomic E-state index is 0.364. The Morgan fingerprint density at radius 2 is 2.05 bits per heavy atom. The molecule has 5 heteroatoms. The summed E-state index contributed by atoms with van der Waals surface area (Å²) >= 11 is 0. The van der Waals surface area contributed by atoms with Gasteiger partial charge in [-0.1, -0.05) is 0 Å². The average Bonchev–Trinajstić information content (AvgIpc) is 2.87. The third-order valence-corrected chi connectivity index (χ3v) is 4.40. The van der Waals surface area contributed by atoms with Gasteiger partial charge in [0.15, 0.2) is 0 Å². The largest absolute Gasteiger partial charge is 0.375 e. The molecule has 0 bridgehead atoms. The van der Waals surface area contributed by atoms with E-state index in [2.05, 4.69) is 33.9 Å². The minimum Gasteiger partial charge on any atom is -0.375 e. The van der Waals surface area contributed by atoms with E-state index in [-0.39, 0.29) is 0 Å². The van der Waals surface area contributed by atoms with E-state index in [9.17, 15) is 0 Å². The fourth-order valence-electron chi connectivity index (χ4n) is 3.28. The second kappa shape index (κ2) is 5.59. The monoisotopic (exact) mass is 264 g/mol. The van der Waals surface area contributed by atoms with Crippen LogP contribution in [-0.4, -0.2) is 51.4 Å². The summed E-state index contributed by atoms with van der Waals surface area (Å²) in [6, 6.07) is 0.749. The van der Waals surface area contributed by atoms with E-state index in [1.807, 2.05) is 0 Å². The van der Waals surface area contributed by atoms with E-state index in [0.29, 0.717) is 18.1 Å². The second-order valence-electron chi connectivity index (χ2n) is 6.11. The van der Waals surface area contributed by atoms with Crippen molar-refractivity contribution in [2.75, 3.05) is 13.1 Å². The van der Waals surface area contributed by atoms with Gasteiger partial charge in [0.2, 0.25) is 0 Å². The van der Waals surface area contributed by atoms with E-state index in [1.165, 1.54) is 38.8 Å². The minimum absolute atomic E-state index is 0.364. The highest BCUT2D eigenvalue weighted by Gasteiger charge is 2.36. The molecule has 1 aromatic rings. The van der Waals surface area contributed by atoms with Crippen molar-refractivity contribution < 1.29 is 4.74 Å². The molecule has 1 saturated heterocycles. The van der Waals surface area contributed by atoms with Crippen LogP contribution < -0.4 is 0 Å². The Labute approximate surface area is 114 Å². The summed E-state index contributed by atoms with van der Waals surface area (Å²) in [6.45, 7) is 6.61. The number of rotatable bonds is 4. The highest BCUT2D eigenvalue weighted by atomic mass is 16.5. The van der Waals surface area contributed by atoms with Crippen LogP contribution in [0.2, 0.25) is 0 Å². The van der Waals surface area contributed by atoms with Crippen LogP contribution in [0.1, 0.15) is 51.3 Å². The maximum absolute atomic E-state index is 5.84. The van der Waals surface area contributed by atoms with Gasteiger partial charge in [-0.25, -0.2) is 4.98 Å². The topological polar surface area (TPSA) is 54.0 Å². The fourth-order valence-corrected chi connectivity index (χ4v) is 3.28. The molecule has 0 spiro atoms. The lowest BCUT2D eigenvalue weighted by Crippen LogP contribution is -2.51. The zero-order chi connectivity index (χ0) is 13.2. The number of ether oxygens (including phenoxy) is 1. The lowest BCUT2D eigenvalue weighted by atomic mass is 9.85. The van der Waals surface area contributed by atoms with Crippen LogP contribution in [0.25, 0.3) is 0 Å². The number of aromatic nitrogens is 3. The summed E-state index contributed by atoms with van der Waals surface area (Å²) in [6.07, 6.45) is 7.29. The molecule has 1 N–H and O–H groups in total. The maximum Gasteiger partial charge on any atom is 0.137 e. The molecule has 0 radical (unpaired) electrons. The SMILES string of the molecule is CC(C)OC1CC(N2CCC(c3ncn[nH]3)CC2)C1. The molecule has 106 valence electrons. The molecule has 19 heavy (non-hydrogen) atoms. The Bertz CT molecular complexity index is 378. The van der Waals surface area contributed by atoms with Gasteiger partial charge in [0.05, 0.1) is 12.2 Å². The van der Waals surface area contributed by atoms with Gasteiger partial charge < -0.3 is 9.64 Å². The zero-order valence-electron chi connectivity index (χ0n) is 11.9. The molecule has 1 aliphatic heterocycles. The normalized spacial score (nSPS) is 29.6. The summed E-state index contributed by atoms with van der Waals surface area (Å²) in [5, 5.41) is 6.96. The molecule has 0 atom stereocenters. The van der Waals surface area contributed by atoms with E-state index in [0.717, 1.165) is 11.9 Å². The van der Waals surface area contributed by atoms with Crippen molar-refractivity contribution in [2.24, 2.45) is 0 Å². The molecule has 1 aliphatic carbocycles. The van der Waals surface area contributed by atoms with E-state index in [1.54, 1.807) is 6.33 Å². The molecular weight excluding hydrogens is 240 g/mol. The Balaban J connectivity index is 1.42. The van der Waals surface area contributed by atoms with Crippen molar-refractivity contribution in [2.45, 2.75) is 63.7 Å². The second-order valence-corrected chi connectivity index (χ2v) is 6.11. The van der Waals surface area contributed by atoms with Gasteiger partial charge in [-0.15, -0.1) is 0 Å². The van der Waals surface area contributed by atoms with Gasteiger partial charge in [0, 0.05) is 12.0 Å². The number of nitrogens with one attached hydrogen (secondary N) is 1. The number of likely N-dealkylation sites (tertiary alicyclic amines) is 1. The van der Waals surface area contributed by atoms with Crippen molar-refractivity contribution in [1.29, 1.82) is 0 Å². The Hall–Kier alpha value is -0.940. The van der Waals surface area contributed by atoms with Gasteiger partial charge in [-0.2, -0.15) is 5.10 Å². The summed E-state index contributed by atoms with van der Waals surface area (Å²) < 4.78 is 5.84. The first-order valence-electron chi connectivity index (χ1n) is 7.47. The van der Waals surface area contributed by atoms with Crippen molar-refractivity contribution in [3.05, 3.63) is 12.2 Å². The predicted octanol–water partition coefficient (Wildman–Crippen LogP) is 1.94. The average molecular weight is 264 g/mol. The smallest absolute Gasteiger partial charge is 0.137 e. The molecule has 3 rings (SSSR count). The van der Waals surface area contributed by atoms with Gasteiger partial charge in [0.25, 0.3) is 0 Å². The summed E-state index contributed by atoms with van der Waals surface area (Å²) in [7, 11) is 0. The molecule has 2 aliphatic rings. The number of nitrogens with zero attached hydrogens (tertiary/aromatic N) is 3. The Morgan fingerprint density at radius 3 is 2.63 bits per heavy atom. The van der Waals surface area contributed by atoms with Crippen molar-refractivity contribution in [3.63, 3.8) is 0 Å². The third kappa shape index (κ3) is 2.98. The lowest BCUT2D eigenvalue weighted by Gasteiger charge is -2.45. The molecule has 2 fully saturated rings. The van der Waals surface area contributed by atoms with Crippen molar-refractivity contribution in [3.8, 4) is 0 Å². The highest BCUT2D eigenvalue weighted by Crippen LogP contribution is 2.33. The first-order valence-corrected chi connectivity index (χ1v) is 7.47. The van der Waals surface area contributed by atoms with E-state index >= 15 is 0 Å².